The third-order valence-electron chi connectivity index (χ3n) is 2.37. The SMILES string of the molecule is COC(=O)c1ccc(C2=CC(=O)NC2=O)cc1. The smallest absolute Gasteiger partial charge is 0.337 e. The van der Waals surface area contributed by atoms with Crippen LogP contribution in [0.3, 0.4) is 0 Å². The summed E-state index contributed by atoms with van der Waals surface area (Å²) in [6, 6.07) is 6.27. The third-order valence-corrected chi connectivity index (χ3v) is 2.37. The average Bonchev–Trinajstić information content (AvgIpc) is 2.68. The summed E-state index contributed by atoms with van der Waals surface area (Å²) in [7, 11) is 1.29. The summed E-state index contributed by atoms with van der Waals surface area (Å²) in [5.74, 6) is -1.31. The van der Waals surface area contributed by atoms with Crippen molar-refractivity contribution in [3.05, 3.63) is 41.5 Å². The zero-order valence-electron chi connectivity index (χ0n) is 9.02. The molecule has 0 aliphatic carbocycles. The van der Waals surface area contributed by atoms with E-state index in [1.54, 1.807) is 12.1 Å². The van der Waals surface area contributed by atoms with Crippen molar-refractivity contribution in [3.63, 3.8) is 0 Å². The van der Waals surface area contributed by atoms with Gasteiger partial charge in [-0.1, -0.05) is 12.1 Å². The number of carbonyl (C=O) groups is 3. The molecule has 0 aromatic heterocycles. The number of carbonyl (C=O) groups excluding carboxylic acids is 3. The first-order valence-corrected chi connectivity index (χ1v) is 4.87. The monoisotopic (exact) mass is 231 g/mol. The van der Waals surface area contributed by atoms with Crippen LogP contribution in [0.4, 0.5) is 0 Å². The average molecular weight is 231 g/mol. The largest absolute Gasteiger partial charge is 0.465 e. The van der Waals surface area contributed by atoms with Crippen LogP contribution < -0.4 is 5.32 Å². The van der Waals surface area contributed by atoms with Crippen molar-refractivity contribution < 1.29 is 19.1 Å². The van der Waals surface area contributed by atoms with E-state index in [1.165, 1.54) is 25.3 Å². The standard InChI is InChI=1S/C12H9NO4/c1-17-12(16)8-4-2-7(3-5-8)9-6-10(14)13-11(9)15/h2-6H,1H3,(H,13,14,15). The zero-order valence-corrected chi connectivity index (χ0v) is 9.02. The Labute approximate surface area is 97.1 Å². The van der Waals surface area contributed by atoms with Crippen LogP contribution in [0.2, 0.25) is 0 Å². The van der Waals surface area contributed by atoms with E-state index in [0.717, 1.165) is 0 Å². The number of rotatable bonds is 2. The summed E-state index contributed by atoms with van der Waals surface area (Å²) in [4.78, 5) is 33.5. The van der Waals surface area contributed by atoms with Gasteiger partial charge >= 0.3 is 5.97 Å². The zero-order chi connectivity index (χ0) is 12.4. The van der Waals surface area contributed by atoms with E-state index < -0.39 is 17.8 Å². The normalized spacial score (nSPS) is 14.3. The van der Waals surface area contributed by atoms with Gasteiger partial charge in [0.1, 0.15) is 0 Å². The van der Waals surface area contributed by atoms with Crippen LogP contribution in [0, 0.1) is 0 Å². The molecular weight excluding hydrogens is 222 g/mol. The van der Waals surface area contributed by atoms with E-state index in [0.29, 0.717) is 16.7 Å². The molecule has 86 valence electrons. The predicted octanol–water partition coefficient (Wildman–Crippen LogP) is 0.513. The van der Waals surface area contributed by atoms with Gasteiger partial charge in [-0.3, -0.25) is 14.9 Å². The molecule has 2 amide bonds. The fourth-order valence-electron chi connectivity index (χ4n) is 1.53. The van der Waals surface area contributed by atoms with Gasteiger partial charge in [-0.25, -0.2) is 4.79 Å². The van der Waals surface area contributed by atoms with Gasteiger partial charge in [0, 0.05) is 6.08 Å². The highest BCUT2D eigenvalue weighted by Gasteiger charge is 2.22. The van der Waals surface area contributed by atoms with Crippen molar-refractivity contribution in [1.82, 2.24) is 5.32 Å². The summed E-state index contributed by atoms with van der Waals surface area (Å²) < 4.78 is 4.55. The molecule has 1 aromatic carbocycles. The molecule has 0 radical (unpaired) electrons. The molecule has 1 aliphatic heterocycles. The Balaban J connectivity index is 2.30. The molecular formula is C12H9NO4. The van der Waals surface area contributed by atoms with Crippen LogP contribution in [0.25, 0.3) is 5.57 Å². The van der Waals surface area contributed by atoms with E-state index in [1.807, 2.05) is 0 Å². The van der Waals surface area contributed by atoms with Gasteiger partial charge in [-0.2, -0.15) is 0 Å². The second kappa shape index (κ2) is 4.21. The van der Waals surface area contributed by atoms with Crippen molar-refractivity contribution in [2.75, 3.05) is 7.11 Å². The maximum atomic E-state index is 11.4. The highest BCUT2D eigenvalue weighted by Crippen LogP contribution is 2.18. The minimum atomic E-state index is -0.447. The van der Waals surface area contributed by atoms with Gasteiger partial charge < -0.3 is 4.74 Å². The van der Waals surface area contributed by atoms with Gasteiger partial charge in [-0.15, -0.1) is 0 Å². The lowest BCUT2D eigenvalue weighted by Gasteiger charge is -2.02. The van der Waals surface area contributed by atoms with Crippen molar-refractivity contribution >= 4 is 23.4 Å². The van der Waals surface area contributed by atoms with Gasteiger partial charge in [0.05, 0.1) is 18.2 Å². The summed E-state index contributed by atoms with van der Waals surface area (Å²) in [5.41, 5.74) is 1.27. The molecule has 0 bridgehead atoms. The minimum Gasteiger partial charge on any atom is -0.465 e. The van der Waals surface area contributed by atoms with Crippen LogP contribution in [0.1, 0.15) is 15.9 Å². The Morgan fingerprint density at radius 2 is 1.82 bits per heavy atom. The van der Waals surface area contributed by atoms with Crippen LogP contribution in [0.5, 0.6) is 0 Å². The van der Waals surface area contributed by atoms with Crippen LogP contribution in [0.15, 0.2) is 30.3 Å². The molecule has 1 N–H and O–H groups in total. The van der Waals surface area contributed by atoms with Gasteiger partial charge in [-0.05, 0) is 17.7 Å². The Hall–Kier alpha value is -2.43. The quantitative estimate of drug-likeness (QED) is 0.594. The first-order valence-electron chi connectivity index (χ1n) is 4.87. The lowest BCUT2D eigenvalue weighted by atomic mass is 10.0. The second-order valence-corrected chi connectivity index (χ2v) is 3.45. The molecule has 0 unspecified atom stereocenters. The van der Waals surface area contributed by atoms with Gasteiger partial charge in [0.25, 0.3) is 11.8 Å². The molecule has 1 heterocycles. The lowest BCUT2D eigenvalue weighted by molar-refractivity contribution is -0.123. The first kappa shape index (κ1) is 11.1. The van der Waals surface area contributed by atoms with Crippen molar-refractivity contribution in [2.45, 2.75) is 0 Å². The van der Waals surface area contributed by atoms with E-state index in [9.17, 15) is 14.4 Å². The van der Waals surface area contributed by atoms with Gasteiger partial charge in [0.2, 0.25) is 0 Å². The number of benzene rings is 1. The van der Waals surface area contributed by atoms with Crippen molar-refractivity contribution in [3.8, 4) is 0 Å². The molecule has 0 spiro atoms. The molecule has 1 aliphatic rings. The number of nitrogens with one attached hydrogen (secondary N) is 1. The van der Waals surface area contributed by atoms with E-state index in [-0.39, 0.29) is 0 Å². The fourth-order valence-corrected chi connectivity index (χ4v) is 1.53. The number of ether oxygens (including phenoxy) is 1. The lowest BCUT2D eigenvalue weighted by Crippen LogP contribution is -2.21. The number of methoxy groups -OCH3 is 1. The first-order chi connectivity index (χ1) is 8.11. The number of amides is 2. The summed E-state index contributed by atoms with van der Waals surface area (Å²) in [6.45, 7) is 0. The Morgan fingerprint density at radius 3 is 2.29 bits per heavy atom. The van der Waals surface area contributed by atoms with Crippen LogP contribution >= 0.6 is 0 Å². The molecule has 5 nitrogen and oxygen atoms in total. The number of hydrogen-bond donors (Lipinski definition) is 1. The molecule has 0 saturated carbocycles. The Morgan fingerprint density at radius 1 is 1.18 bits per heavy atom. The molecule has 0 atom stereocenters. The molecule has 1 aromatic rings. The maximum absolute atomic E-state index is 11.4. The highest BCUT2D eigenvalue weighted by molar-refractivity contribution is 6.33. The molecule has 2 rings (SSSR count). The maximum Gasteiger partial charge on any atom is 0.337 e. The number of hydrogen-bond acceptors (Lipinski definition) is 4. The van der Waals surface area contributed by atoms with Crippen LogP contribution in [-0.2, 0) is 14.3 Å². The Bertz CT molecular complexity index is 528. The number of imide groups is 1. The number of esters is 1. The van der Waals surface area contributed by atoms with Crippen molar-refractivity contribution in [2.24, 2.45) is 0 Å². The fraction of sp³-hybridized carbons (Fsp3) is 0.0833. The molecule has 0 saturated heterocycles. The highest BCUT2D eigenvalue weighted by atomic mass is 16.5. The minimum absolute atomic E-state index is 0.298. The second-order valence-electron chi connectivity index (χ2n) is 3.45. The molecule has 5 heteroatoms. The molecule has 0 fully saturated rings. The van der Waals surface area contributed by atoms with Gasteiger partial charge in [0.15, 0.2) is 0 Å². The Kier molecular flexibility index (Phi) is 2.74. The third kappa shape index (κ3) is 2.08. The predicted molar refractivity (Wildman–Crippen MR) is 58.9 cm³/mol. The summed E-state index contributed by atoms with van der Waals surface area (Å²) >= 11 is 0. The topological polar surface area (TPSA) is 72.5 Å². The molecule has 17 heavy (non-hydrogen) atoms. The van der Waals surface area contributed by atoms with E-state index in [4.69, 9.17) is 0 Å². The van der Waals surface area contributed by atoms with E-state index in [2.05, 4.69) is 10.1 Å². The summed E-state index contributed by atoms with van der Waals surface area (Å²) in [6.07, 6.45) is 1.23. The van der Waals surface area contributed by atoms with Crippen molar-refractivity contribution in [1.29, 1.82) is 0 Å². The van der Waals surface area contributed by atoms with Crippen LogP contribution in [-0.4, -0.2) is 24.9 Å². The van der Waals surface area contributed by atoms with E-state index >= 15 is 0 Å². The summed E-state index contributed by atoms with van der Waals surface area (Å²) in [5, 5.41) is 2.15.